The van der Waals surface area contributed by atoms with E-state index in [1.54, 1.807) is 12.1 Å². The second-order valence-electron chi connectivity index (χ2n) is 6.31. The van der Waals surface area contributed by atoms with E-state index in [0.29, 0.717) is 19.3 Å². The Morgan fingerprint density at radius 1 is 1.21 bits per heavy atom. The van der Waals surface area contributed by atoms with E-state index in [-0.39, 0.29) is 31.2 Å². The van der Waals surface area contributed by atoms with E-state index in [2.05, 4.69) is 5.32 Å². The Hall–Kier alpha value is -2.11. The van der Waals surface area contributed by atoms with E-state index in [4.69, 9.17) is 4.74 Å². The first kappa shape index (κ1) is 18.2. The summed E-state index contributed by atoms with van der Waals surface area (Å²) < 4.78 is 18.7. The molecule has 0 bridgehead atoms. The summed E-state index contributed by atoms with van der Waals surface area (Å²) in [6.45, 7) is 0.410. The zero-order valence-corrected chi connectivity index (χ0v) is 13.7. The molecule has 1 aliphatic carbocycles. The van der Waals surface area contributed by atoms with Gasteiger partial charge in [-0.3, -0.25) is 9.59 Å². The second-order valence-corrected chi connectivity index (χ2v) is 6.31. The second kappa shape index (κ2) is 8.66. The van der Waals surface area contributed by atoms with Crippen LogP contribution in [-0.2, 0) is 9.59 Å². The fourth-order valence-electron chi connectivity index (χ4n) is 3.03. The molecule has 1 fully saturated rings. The van der Waals surface area contributed by atoms with Gasteiger partial charge in [0.2, 0.25) is 5.91 Å². The van der Waals surface area contributed by atoms with Gasteiger partial charge in [-0.15, -0.1) is 0 Å². The quantitative estimate of drug-likeness (QED) is 0.715. The van der Waals surface area contributed by atoms with Crippen LogP contribution >= 0.6 is 0 Å². The van der Waals surface area contributed by atoms with Crippen LogP contribution in [0.3, 0.4) is 0 Å². The summed E-state index contributed by atoms with van der Waals surface area (Å²) in [6.07, 6.45) is 4.72. The number of carbonyl (C=O) groups is 2. The van der Waals surface area contributed by atoms with Crippen LogP contribution in [0.25, 0.3) is 0 Å². The number of hydrogen-bond donors (Lipinski definition) is 2. The van der Waals surface area contributed by atoms with Crippen molar-refractivity contribution in [1.82, 2.24) is 5.32 Å². The Kier molecular flexibility index (Phi) is 6.58. The molecule has 2 N–H and O–H groups in total. The average molecular weight is 337 g/mol. The van der Waals surface area contributed by atoms with Gasteiger partial charge < -0.3 is 15.2 Å². The lowest BCUT2D eigenvalue weighted by Gasteiger charge is -2.33. The molecule has 0 unspecified atom stereocenters. The number of carboxylic acids is 1. The molecule has 132 valence electrons. The molecule has 0 aromatic heterocycles. The van der Waals surface area contributed by atoms with E-state index < -0.39 is 17.2 Å². The lowest BCUT2D eigenvalue weighted by atomic mass is 9.74. The summed E-state index contributed by atoms with van der Waals surface area (Å²) in [7, 11) is 0. The summed E-state index contributed by atoms with van der Waals surface area (Å²) in [5, 5.41) is 12.2. The van der Waals surface area contributed by atoms with Gasteiger partial charge in [-0.25, -0.2) is 4.39 Å². The van der Waals surface area contributed by atoms with Crippen LogP contribution in [0, 0.1) is 11.2 Å². The van der Waals surface area contributed by atoms with Gasteiger partial charge in [0.05, 0.1) is 12.0 Å². The number of nitrogens with one attached hydrogen (secondary N) is 1. The Bertz CT molecular complexity index is 570. The molecule has 0 saturated heterocycles. The lowest BCUT2D eigenvalue weighted by Crippen LogP contribution is -2.44. The van der Waals surface area contributed by atoms with Crippen LogP contribution in [0.4, 0.5) is 4.39 Å². The van der Waals surface area contributed by atoms with E-state index in [1.807, 2.05) is 0 Å². The van der Waals surface area contributed by atoms with Gasteiger partial charge in [0.1, 0.15) is 0 Å². The molecule has 2 rings (SSSR count). The first-order valence-corrected chi connectivity index (χ1v) is 8.41. The number of carboxylic acid groups (broad SMARTS) is 1. The van der Waals surface area contributed by atoms with Crippen LogP contribution in [-0.4, -0.2) is 30.1 Å². The highest BCUT2D eigenvalue weighted by atomic mass is 19.1. The van der Waals surface area contributed by atoms with Crippen molar-refractivity contribution in [3.05, 3.63) is 30.1 Å². The molecule has 0 aliphatic heterocycles. The Morgan fingerprint density at radius 2 is 1.92 bits per heavy atom. The summed E-state index contributed by atoms with van der Waals surface area (Å²) in [4.78, 5) is 23.4. The molecule has 5 nitrogen and oxygen atoms in total. The third-order valence-electron chi connectivity index (χ3n) is 4.53. The molecule has 1 amide bonds. The molecule has 0 atom stereocenters. The van der Waals surface area contributed by atoms with Gasteiger partial charge in [-0.1, -0.05) is 31.4 Å². The predicted molar refractivity (Wildman–Crippen MR) is 87.3 cm³/mol. The van der Waals surface area contributed by atoms with Crippen molar-refractivity contribution in [2.45, 2.75) is 44.9 Å². The monoisotopic (exact) mass is 337 g/mol. The third kappa shape index (κ3) is 4.94. The molecule has 1 aliphatic rings. The topological polar surface area (TPSA) is 75.6 Å². The Morgan fingerprint density at radius 3 is 2.58 bits per heavy atom. The van der Waals surface area contributed by atoms with Gasteiger partial charge in [-0.05, 0) is 31.4 Å². The van der Waals surface area contributed by atoms with Crippen LogP contribution in [0.1, 0.15) is 44.9 Å². The van der Waals surface area contributed by atoms with E-state index in [1.165, 1.54) is 12.1 Å². The Balaban J connectivity index is 1.69. The van der Waals surface area contributed by atoms with Crippen molar-refractivity contribution in [2.75, 3.05) is 13.2 Å². The standard InChI is InChI=1S/C18H24FNO4/c19-14-7-2-3-8-15(14)24-12-6-9-16(21)20-13-18(17(22)23)10-4-1-5-11-18/h2-3,7-8H,1,4-6,9-13H2,(H,20,21)(H,22,23). The number of benzene rings is 1. The SMILES string of the molecule is O=C(CCCOc1ccccc1F)NCC1(C(=O)O)CCCCC1. The highest BCUT2D eigenvalue weighted by molar-refractivity contribution is 5.79. The van der Waals surface area contributed by atoms with Crippen LogP contribution in [0.15, 0.2) is 24.3 Å². The minimum atomic E-state index is -0.828. The van der Waals surface area contributed by atoms with Crippen molar-refractivity contribution >= 4 is 11.9 Å². The molecular weight excluding hydrogens is 313 g/mol. The Labute approximate surface area is 141 Å². The number of carbonyl (C=O) groups excluding carboxylic acids is 1. The number of hydrogen-bond acceptors (Lipinski definition) is 3. The van der Waals surface area contributed by atoms with E-state index in [0.717, 1.165) is 19.3 Å². The third-order valence-corrected chi connectivity index (χ3v) is 4.53. The van der Waals surface area contributed by atoms with E-state index in [9.17, 15) is 19.1 Å². The largest absolute Gasteiger partial charge is 0.491 e. The van der Waals surface area contributed by atoms with Gasteiger partial charge in [-0.2, -0.15) is 0 Å². The summed E-state index contributed by atoms with van der Waals surface area (Å²) in [5.41, 5.74) is -0.822. The number of rotatable bonds is 8. The highest BCUT2D eigenvalue weighted by Gasteiger charge is 2.39. The number of para-hydroxylation sites is 1. The average Bonchev–Trinajstić information content (AvgIpc) is 2.59. The molecular formula is C18H24FNO4. The number of ether oxygens (including phenoxy) is 1. The number of amides is 1. The van der Waals surface area contributed by atoms with Gasteiger partial charge in [0.15, 0.2) is 11.6 Å². The minimum absolute atomic E-state index is 0.171. The van der Waals surface area contributed by atoms with Gasteiger partial charge in [0, 0.05) is 13.0 Å². The first-order chi connectivity index (χ1) is 11.5. The molecule has 1 saturated carbocycles. The van der Waals surface area contributed by atoms with Crippen molar-refractivity contribution in [2.24, 2.45) is 5.41 Å². The van der Waals surface area contributed by atoms with Crippen molar-refractivity contribution in [3.8, 4) is 5.75 Å². The van der Waals surface area contributed by atoms with Crippen molar-refractivity contribution < 1.29 is 23.8 Å². The van der Waals surface area contributed by atoms with Gasteiger partial charge in [0.25, 0.3) is 0 Å². The van der Waals surface area contributed by atoms with Crippen LogP contribution < -0.4 is 10.1 Å². The first-order valence-electron chi connectivity index (χ1n) is 8.41. The molecule has 1 aromatic rings. The van der Waals surface area contributed by atoms with Crippen molar-refractivity contribution in [1.29, 1.82) is 0 Å². The maximum atomic E-state index is 13.4. The number of halogens is 1. The van der Waals surface area contributed by atoms with Crippen LogP contribution in [0.5, 0.6) is 5.75 Å². The zero-order valence-electron chi connectivity index (χ0n) is 13.7. The summed E-state index contributed by atoms with van der Waals surface area (Å²) in [6, 6.07) is 6.12. The van der Waals surface area contributed by atoms with Gasteiger partial charge >= 0.3 is 5.97 Å². The van der Waals surface area contributed by atoms with Crippen LogP contribution in [0.2, 0.25) is 0 Å². The molecule has 1 aromatic carbocycles. The fraction of sp³-hybridized carbons (Fsp3) is 0.556. The highest BCUT2D eigenvalue weighted by Crippen LogP contribution is 2.36. The summed E-state index contributed by atoms with van der Waals surface area (Å²) >= 11 is 0. The maximum Gasteiger partial charge on any atom is 0.311 e. The molecule has 0 spiro atoms. The molecule has 6 heteroatoms. The molecule has 0 radical (unpaired) electrons. The summed E-state index contributed by atoms with van der Waals surface area (Å²) in [5.74, 6) is -1.28. The van der Waals surface area contributed by atoms with Crippen molar-refractivity contribution in [3.63, 3.8) is 0 Å². The lowest BCUT2D eigenvalue weighted by molar-refractivity contribution is -0.151. The number of aliphatic carboxylic acids is 1. The van der Waals surface area contributed by atoms with E-state index >= 15 is 0 Å². The maximum absolute atomic E-state index is 13.4. The fourth-order valence-corrected chi connectivity index (χ4v) is 3.03. The normalized spacial score (nSPS) is 16.4. The smallest absolute Gasteiger partial charge is 0.311 e. The molecule has 24 heavy (non-hydrogen) atoms. The zero-order chi connectivity index (χ0) is 17.4. The predicted octanol–water partition coefficient (Wildman–Crippen LogP) is 3.14. The molecule has 0 heterocycles. The minimum Gasteiger partial charge on any atom is -0.491 e.